The Morgan fingerprint density at radius 1 is 1.27 bits per heavy atom. The summed E-state index contributed by atoms with van der Waals surface area (Å²) < 4.78 is 22.3. The summed E-state index contributed by atoms with van der Waals surface area (Å²) in [5.41, 5.74) is 0.877. The molecule has 0 amide bonds. The van der Waals surface area contributed by atoms with Crippen LogP contribution in [-0.2, 0) is 9.05 Å². The molecule has 1 rings (SSSR count). The maximum absolute atomic E-state index is 11.1. The summed E-state index contributed by atoms with van der Waals surface area (Å²) in [6, 6.07) is 6.66. The van der Waals surface area contributed by atoms with Crippen molar-refractivity contribution in [1.29, 1.82) is 0 Å². The highest BCUT2D eigenvalue weighted by molar-refractivity contribution is 8.13. The molecule has 0 fully saturated rings. The van der Waals surface area contributed by atoms with E-state index in [-0.39, 0.29) is 4.90 Å². The molecular formula is C10H14ClNO2S. The standard InChI is InChI=1S/C10H14ClNO2S/c1-3-12(4-2)9-6-5-7-10(8-9)15(11,13)14/h5-8H,3-4H2,1-2H3. The van der Waals surface area contributed by atoms with Crippen LogP contribution in [0, 0.1) is 0 Å². The van der Waals surface area contributed by atoms with E-state index in [1.165, 1.54) is 6.07 Å². The van der Waals surface area contributed by atoms with Crippen LogP contribution in [0.2, 0.25) is 0 Å². The zero-order valence-corrected chi connectivity index (χ0v) is 10.3. The van der Waals surface area contributed by atoms with Gasteiger partial charge in [0.25, 0.3) is 9.05 Å². The van der Waals surface area contributed by atoms with Gasteiger partial charge in [-0.15, -0.1) is 0 Å². The summed E-state index contributed by atoms with van der Waals surface area (Å²) in [7, 11) is 1.65. The largest absolute Gasteiger partial charge is 0.372 e. The van der Waals surface area contributed by atoms with Gasteiger partial charge in [-0.25, -0.2) is 8.42 Å². The number of hydrogen-bond donors (Lipinski definition) is 0. The molecule has 0 aromatic heterocycles. The van der Waals surface area contributed by atoms with E-state index in [1.807, 2.05) is 19.9 Å². The SMILES string of the molecule is CCN(CC)c1cccc(S(=O)(=O)Cl)c1. The van der Waals surface area contributed by atoms with Gasteiger partial charge < -0.3 is 4.90 Å². The molecule has 1 aromatic carbocycles. The van der Waals surface area contributed by atoms with Gasteiger partial charge in [0.15, 0.2) is 0 Å². The normalized spacial score (nSPS) is 11.4. The number of nitrogens with zero attached hydrogens (tertiary/aromatic N) is 1. The Morgan fingerprint density at radius 2 is 1.87 bits per heavy atom. The number of rotatable bonds is 4. The number of hydrogen-bond acceptors (Lipinski definition) is 3. The van der Waals surface area contributed by atoms with Crippen molar-refractivity contribution >= 4 is 25.4 Å². The Morgan fingerprint density at radius 3 is 2.33 bits per heavy atom. The van der Waals surface area contributed by atoms with Crippen LogP contribution in [0.15, 0.2) is 29.2 Å². The Bertz CT molecular complexity index is 427. The predicted molar refractivity (Wildman–Crippen MR) is 63.0 cm³/mol. The zero-order chi connectivity index (χ0) is 11.5. The average molecular weight is 248 g/mol. The van der Waals surface area contributed by atoms with Gasteiger partial charge in [0.2, 0.25) is 0 Å². The molecule has 0 aliphatic carbocycles. The minimum atomic E-state index is -3.63. The first-order valence-corrected chi connectivity index (χ1v) is 7.09. The Kier molecular flexibility index (Phi) is 3.99. The van der Waals surface area contributed by atoms with Gasteiger partial charge >= 0.3 is 0 Å². The Balaban J connectivity index is 3.13. The molecule has 0 saturated carbocycles. The third-order valence-corrected chi connectivity index (χ3v) is 3.58. The lowest BCUT2D eigenvalue weighted by Crippen LogP contribution is -2.21. The minimum absolute atomic E-state index is 0.147. The monoisotopic (exact) mass is 247 g/mol. The van der Waals surface area contributed by atoms with Crippen molar-refractivity contribution in [3.05, 3.63) is 24.3 Å². The van der Waals surface area contributed by atoms with E-state index >= 15 is 0 Å². The smallest absolute Gasteiger partial charge is 0.261 e. The molecular weight excluding hydrogens is 234 g/mol. The van der Waals surface area contributed by atoms with Gasteiger partial charge in [0.05, 0.1) is 4.90 Å². The predicted octanol–water partition coefficient (Wildman–Crippen LogP) is 2.46. The lowest BCUT2D eigenvalue weighted by molar-refractivity contribution is 0.609. The fourth-order valence-corrected chi connectivity index (χ4v) is 2.21. The summed E-state index contributed by atoms with van der Waals surface area (Å²) in [4.78, 5) is 2.21. The van der Waals surface area contributed by atoms with Crippen LogP contribution in [0.3, 0.4) is 0 Å². The number of benzene rings is 1. The molecule has 0 saturated heterocycles. The van der Waals surface area contributed by atoms with Crippen LogP contribution in [0.1, 0.15) is 13.8 Å². The van der Waals surface area contributed by atoms with Gasteiger partial charge in [0, 0.05) is 29.5 Å². The molecule has 0 aliphatic rings. The van der Waals surface area contributed by atoms with Crippen molar-refractivity contribution in [2.75, 3.05) is 18.0 Å². The van der Waals surface area contributed by atoms with E-state index in [0.717, 1.165) is 18.8 Å². The molecule has 5 heteroatoms. The van der Waals surface area contributed by atoms with E-state index < -0.39 is 9.05 Å². The third kappa shape index (κ3) is 3.11. The molecule has 0 atom stereocenters. The third-order valence-electron chi connectivity index (χ3n) is 2.23. The molecule has 15 heavy (non-hydrogen) atoms. The molecule has 1 aromatic rings. The highest BCUT2D eigenvalue weighted by Crippen LogP contribution is 2.21. The first-order chi connectivity index (χ1) is 6.99. The van der Waals surface area contributed by atoms with Crippen molar-refractivity contribution in [3.63, 3.8) is 0 Å². The van der Waals surface area contributed by atoms with Gasteiger partial charge in [-0.3, -0.25) is 0 Å². The molecule has 0 N–H and O–H groups in total. The number of anilines is 1. The average Bonchev–Trinajstić information content (AvgIpc) is 2.19. The number of halogens is 1. The van der Waals surface area contributed by atoms with Crippen molar-refractivity contribution < 1.29 is 8.42 Å². The van der Waals surface area contributed by atoms with Crippen molar-refractivity contribution in [1.82, 2.24) is 0 Å². The summed E-state index contributed by atoms with van der Waals surface area (Å²) >= 11 is 0. The minimum Gasteiger partial charge on any atom is -0.372 e. The van der Waals surface area contributed by atoms with Crippen molar-refractivity contribution in [2.24, 2.45) is 0 Å². The fraction of sp³-hybridized carbons (Fsp3) is 0.400. The summed E-state index contributed by atoms with van der Waals surface area (Å²) in [6.45, 7) is 5.71. The van der Waals surface area contributed by atoms with E-state index in [4.69, 9.17) is 10.7 Å². The second kappa shape index (κ2) is 4.86. The summed E-state index contributed by atoms with van der Waals surface area (Å²) in [5.74, 6) is 0. The quantitative estimate of drug-likeness (QED) is 0.767. The van der Waals surface area contributed by atoms with E-state index in [1.54, 1.807) is 12.1 Å². The van der Waals surface area contributed by atoms with E-state index in [0.29, 0.717) is 0 Å². The van der Waals surface area contributed by atoms with Crippen molar-refractivity contribution in [3.8, 4) is 0 Å². The van der Waals surface area contributed by atoms with Gasteiger partial charge in [-0.1, -0.05) is 6.07 Å². The first-order valence-electron chi connectivity index (χ1n) is 4.78. The zero-order valence-electron chi connectivity index (χ0n) is 8.77. The molecule has 0 bridgehead atoms. The molecule has 0 radical (unpaired) electrons. The summed E-state index contributed by atoms with van der Waals surface area (Å²) in [5, 5.41) is 0. The molecule has 0 heterocycles. The summed E-state index contributed by atoms with van der Waals surface area (Å²) in [6.07, 6.45) is 0. The molecule has 0 unspecified atom stereocenters. The van der Waals surface area contributed by atoms with Crippen LogP contribution >= 0.6 is 10.7 Å². The lowest BCUT2D eigenvalue weighted by Gasteiger charge is -2.21. The lowest BCUT2D eigenvalue weighted by atomic mass is 10.3. The maximum Gasteiger partial charge on any atom is 0.261 e. The van der Waals surface area contributed by atoms with E-state index in [9.17, 15) is 8.42 Å². The van der Waals surface area contributed by atoms with Gasteiger partial charge in [-0.2, -0.15) is 0 Å². The fourth-order valence-electron chi connectivity index (χ4n) is 1.42. The first kappa shape index (κ1) is 12.3. The van der Waals surface area contributed by atoms with Crippen LogP contribution in [0.25, 0.3) is 0 Å². The van der Waals surface area contributed by atoms with Crippen molar-refractivity contribution in [2.45, 2.75) is 18.7 Å². The van der Waals surface area contributed by atoms with Crippen LogP contribution in [0.5, 0.6) is 0 Å². The second-order valence-electron chi connectivity index (χ2n) is 3.11. The van der Waals surface area contributed by atoms with Crippen LogP contribution in [0.4, 0.5) is 5.69 Å². The van der Waals surface area contributed by atoms with Crippen LogP contribution in [-0.4, -0.2) is 21.5 Å². The Hall–Kier alpha value is -0.740. The van der Waals surface area contributed by atoms with Gasteiger partial charge in [-0.05, 0) is 32.0 Å². The second-order valence-corrected chi connectivity index (χ2v) is 5.67. The Labute approximate surface area is 95.1 Å². The molecule has 0 aliphatic heterocycles. The van der Waals surface area contributed by atoms with Crippen LogP contribution < -0.4 is 4.90 Å². The molecule has 84 valence electrons. The molecule has 0 spiro atoms. The maximum atomic E-state index is 11.1. The highest BCUT2D eigenvalue weighted by Gasteiger charge is 2.11. The molecule has 3 nitrogen and oxygen atoms in total. The topological polar surface area (TPSA) is 37.4 Å². The highest BCUT2D eigenvalue weighted by atomic mass is 35.7. The van der Waals surface area contributed by atoms with E-state index in [2.05, 4.69) is 4.90 Å². The van der Waals surface area contributed by atoms with Gasteiger partial charge in [0.1, 0.15) is 0 Å².